The molecule has 0 radical (unpaired) electrons. The van der Waals surface area contributed by atoms with Crippen molar-refractivity contribution in [2.45, 2.75) is 20.0 Å². The van der Waals surface area contributed by atoms with Gasteiger partial charge in [0.2, 0.25) is 5.88 Å². The fourth-order valence-electron chi connectivity index (χ4n) is 1.50. The molecule has 0 spiro atoms. The van der Waals surface area contributed by atoms with Crippen LogP contribution in [-0.2, 0) is 4.74 Å². The van der Waals surface area contributed by atoms with E-state index in [1.807, 2.05) is 13.8 Å². The highest BCUT2D eigenvalue weighted by Crippen LogP contribution is 2.09. The van der Waals surface area contributed by atoms with Crippen LogP contribution in [0, 0.1) is 13.8 Å². The van der Waals surface area contributed by atoms with Crippen LogP contribution in [0.5, 0.6) is 5.88 Å². The molecule has 1 saturated heterocycles. The van der Waals surface area contributed by atoms with Crippen molar-refractivity contribution >= 4 is 0 Å². The van der Waals surface area contributed by atoms with Crippen molar-refractivity contribution in [3.63, 3.8) is 0 Å². The number of aryl methyl sites for hydroxylation is 2. The Bertz CT molecular complexity index is 351. The van der Waals surface area contributed by atoms with Crippen LogP contribution in [0.1, 0.15) is 11.4 Å². The van der Waals surface area contributed by atoms with Crippen LogP contribution in [-0.4, -0.2) is 42.4 Å². The molecule has 0 amide bonds. The van der Waals surface area contributed by atoms with Gasteiger partial charge in [-0.15, -0.1) is 0 Å². The standard InChI is InChI=1S/C11H17N3O2/c1-8-9(2)14-11(6-13-8)16-7-10-5-12-3-4-15-10/h6,10,12H,3-5,7H2,1-2H3. The summed E-state index contributed by atoms with van der Waals surface area (Å²) in [4.78, 5) is 8.49. The molecule has 88 valence electrons. The molecule has 16 heavy (non-hydrogen) atoms. The van der Waals surface area contributed by atoms with Gasteiger partial charge in [0.25, 0.3) is 0 Å². The predicted octanol–water partition coefficient (Wildman–Crippen LogP) is 0.461. The summed E-state index contributed by atoms with van der Waals surface area (Å²) in [7, 11) is 0. The van der Waals surface area contributed by atoms with Crippen LogP contribution in [0.4, 0.5) is 0 Å². The van der Waals surface area contributed by atoms with Gasteiger partial charge in [0.1, 0.15) is 12.7 Å². The lowest BCUT2D eigenvalue weighted by Crippen LogP contribution is -2.41. The van der Waals surface area contributed by atoms with Gasteiger partial charge in [-0.3, -0.25) is 4.98 Å². The smallest absolute Gasteiger partial charge is 0.232 e. The normalized spacial score (nSPS) is 20.8. The van der Waals surface area contributed by atoms with E-state index in [4.69, 9.17) is 9.47 Å². The number of aromatic nitrogens is 2. The van der Waals surface area contributed by atoms with Crippen molar-refractivity contribution in [2.24, 2.45) is 0 Å². The minimum Gasteiger partial charge on any atom is -0.474 e. The number of rotatable bonds is 3. The Morgan fingerprint density at radius 2 is 2.38 bits per heavy atom. The Hall–Kier alpha value is -1.20. The number of hydrogen-bond donors (Lipinski definition) is 1. The second kappa shape index (κ2) is 5.23. The third kappa shape index (κ3) is 2.90. The maximum absolute atomic E-state index is 5.54. The lowest BCUT2D eigenvalue weighted by Gasteiger charge is -2.23. The molecule has 0 saturated carbocycles. The van der Waals surface area contributed by atoms with Crippen molar-refractivity contribution < 1.29 is 9.47 Å². The maximum Gasteiger partial charge on any atom is 0.232 e. The zero-order chi connectivity index (χ0) is 11.4. The summed E-state index contributed by atoms with van der Waals surface area (Å²) in [5.41, 5.74) is 1.84. The van der Waals surface area contributed by atoms with Gasteiger partial charge in [-0.2, -0.15) is 0 Å². The molecular formula is C11H17N3O2. The molecule has 1 aliphatic rings. The topological polar surface area (TPSA) is 56.3 Å². The van der Waals surface area contributed by atoms with E-state index in [9.17, 15) is 0 Å². The van der Waals surface area contributed by atoms with Crippen LogP contribution in [0.15, 0.2) is 6.20 Å². The first-order valence-corrected chi connectivity index (χ1v) is 5.51. The zero-order valence-electron chi connectivity index (χ0n) is 9.69. The van der Waals surface area contributed by atoms with Crippen molar-refractivity contribution in [1.29, 1.82) is 0 Å². The average Bonchev–Trinajstić information content (AvgIpc) is 2.32. The molecule has 2 rings (SSSR count). The van der Waals surface area contributed by atoms with Gasteiger partial charge in [-0.1, -0.05) is 0 Å². The van der Waals surface area contributed by atoms with E-state index in [0.29, 0.717) is 12.5 Å². The molecule has 0 bridgehead atoms. The summed E-state index contributed by atoms with van der Waals surface area (Å²) in [6, 6.07) is 0. The van der Waals surface area contributed by atoms with Gasteiger partial charge in [-0.05, 0) is 13.8 Å². The Morgan fingerprint density at radius 1 is 1.50 bits per heavy atom. The second-order valence-electron chi connectivity index (χ2n) is 3.89. The summed E-state index contributed by atoms with van der Waals surface area (Å²) in [6.45, 7) is 6.86. The third-order valence-electron chi connectivity index (χ3n) is 2.59. The molecule has 1 aromatic heterocycles. The summed E-state index contributed by atoms with van der Waals surface area (Å²) in [5.74, 6) is 0.567. The minimum absolute atomic E-state index is 0.108. The van der Waals surface area contributed by atoms with Gasteiger partial charge < -0.3 is 14.8 Å². The van der Waals surface area contributed by atoms with E-state index in [2.05, 4.69) is 15.3 Å². The Kier molecular flexibility index (Phi) is 3.69. The molecule has 5 nitrogen and oxygen atoms in total. The van der Waals surface area contributed by atoms with Crippen LogP contribution in [0.2, 0.25) is 0 Å². The fourth-order valence-corrected chi connectivity index (χ4v) is 1.50. The monoisotopic (exact) mass is 223 g/mol. The first-order chi connectivity index (χ1) is 7.75. The third-order valence-corrected chi connectivity index (χ3v) is 2.59. The first-order valence-electron chi connectivity index (χ1n) is 5.51. The highest BCUT2D eigenvalue weighted by molar-refractivity contribution is 5.14. The zero-order valence-corrected chi connectivity index (χ0v) is 9.69. The van der Waals surface area contributed by atoms with Crippen molar-refractivity contribution in [1.82, 2.24) is 15.3 Å². The average molecular weight is 223 g/mol. The van der Waals surface area contributed by atoms with E-state index in [1.54, 1.807) is 6.20 Å². The van der Waals surface area contributed by atoms with E-state index in [0.717, 1.165) is 31.1 Å². The summed E-state index contributed by atoms with van der Waals surface area (Å²) < 4.78 is 11.1. The van der Waals surface area contributed by atoms with Crippen LogP contribution in [0.25, 0.3) is 0 Å². The molecule has 1 atom stereocenters. The summed E-state index contributed by atoms with van der Waals surface area (Å²) in [6.07, 6.45) is 1.76. The van der Waals surface area contributed by atoms with Crippen LogP contribution < -0.4 is 10.1 Å². The number of nitrogens with zero attached hydrogens (tertiary/aromatic N) is 2. The maximum atomic E-state index is 5.54. The van der Waals surface area contributed by atoms with Gasteiger partial charge in [-0.25, -0.2) is 4.98 Å². The van der Waals surface area contributed by atoms with Crippen LogP contribution >= 0.6 is 0 Å². The molecule has 1 unspecified atom stereocenters. The minimum atomic E-state index is 0.108. The number of nitrogens with one attached hydrogen (secondary N) is 1. The van der Waals surface area contributed by atoms with Crippen molar-refractivity contribution in [3.8, 4) is 5.88 Å². The van der Waals surface area contributed by atoms with Crippen molar-refractivity contribution in [2.75, 3.05) is 26.3 Å². The Labute approximate surface area is 95.2 Å². The number of hydrogen-bond acceptors (Lipinski definition) is 5. The first kappa shape index (κ1) is 11.3. The van der Waals surface area contributed by atoms with Gasteiger partial charge >= 0.3 is 0 Å². The molecule has 0 aromatic carbocycles. The lowest BCUT2D eigenvalue weighted by atomic mass is 10.3. The van der Waals surface area contributed by atoms with Gasteiger partial charge in [0.05, 0.1) is 24.2 Å². The van der Waals surface area contributed by atoms with E-state index >= 15 is 0 Å². The molecule has 5 heteroatoms. The Balaban J connectivity index is 1.86. The highest BCUT2D eigenvalue weighted by atomic mass is 16.5. The quantitative estimate of drug-likeness (QED) is 0.806. The van der Waals surface area contributed by atoms with Gasteiger partial charge in [0, 0.05) is 13.1 Å². The predicted molar refractivity (Wildman–Crippen MR) is 59.6 cm³/mol. The summed E-state index contributed by atoms with van der Waals surface area (Å²) in [5, 5.41) is 3.25. The molecule has 1 aromatic rings. The lowest BCUT2D eigenvalue weighted by molar-refractivity contribution is -0.000859. The molecule has 1 N–H and O–H groups in total. The largest absolute Gasteiger partial charge is 0.474 e. The van der Waals surface area contributed by atoms with Crippen LogP contribution in [0.3, 0.4) is 0 Å². The van der Waals surface area contributed by atoms with E-state index in [1.165, 1.54) is 0 Å². The fraction of sp³-hybridized carbons (Fsp3) is 0.636. The van der Waals surface area contributed by atoms with Crippen molar-refractivity contribution in [3.05, 3.63) is 17.6 Å². The Morgan fingerprint density at radius 3 is 3.06 bits per heavy atom. The SMILES string of the molecule is Cc1ncc(OCC2CNCCO2)nc1C. The molecule has 1 aliphatic heterocycles. The van der Waals surface area contributed by atoms with Gasteiger partial charge in [0.15, 0.2) is 0 Å². The number of ether oxygens (including phenoxy) is 2. The molecule has 0 aliphatic carbocycles. The van der Waals surface area contributed by atoms with E-state index < -0.39 is 0 Å². The molecule has 2 heterocycles. The molecular weight excluding hydrogens is 206 g/mol. The highest BCUT2D eigenvalue weighted by Gasteiger charge is 2.14. The summed E-state index contributed by atoms with van der Waals surface area (Å²) >= 11 is 0. The number of morpholine rings is 1. The van der Waals surface area contributed by atoms with E-state index in [-0.39, 0.29) is 6.10 Å². The second-order valence-corrected chi connectivity index (χ2v) is 3.89. The molecule has 1 fully saturated rings.